The molecular formula is C33H72O9S12Si3. The molecule has 0 amide bonds. The van der Waals surface area contributed by atoms with E-state index in [1.54, 1.807) is 0 Å². The minimum Gasteiger partial charge on any atom is -0.374 e. The molecule has 0 aromatic heterocycles. The molecule has 0 radical (unpaired) electrons. The summed E-state index contributed by atoms with van der Waals surface area (Å²) >= 11 is 65.3. The molecule has 1 fully saturated rings. The summed E-state index contributed by atoms with van der Waals surface area (Å²) in [6, 6.07) is 0.330. The first-order valence-electron chi connectivity index (χ1n) is 19.7. The van der Waals surface area contributed by atoms with Gasteiger partial charge in [-0.3, -0.25) is 0 Å². The quantitative estimate of drug-likeness (QED) is 0.0196. The van der Waals surface area contributed by atoms with Crippen LogP contribution in [0.25, 0.3) is 0 Å². The van der Waals surface area contributed by atoms with E-state index in [1.807, 2.05) is 62.3 Å². The van der Waals surface area contributed by atoms with E-state index in [9.17, 15) is 0 Å². The number of hydrogen-bond acceptors (Lipinski definition) is 21. The minimum absolute atomic E-state index is 0.0938. The van der Waals surface area contributed by atoms with Gasteiger partial charge in [0.05, 0.1) is 24.5 Å². The second kappa shape index (κ2) is 25.0. The van der Waals surface area contributed by atoms with Gasteiger partial charge in [0, 0.05) is 83.0 Å². The van der Waals surface area contributed by atoms with Gasteiger partial charge in [0.2, 0.25) is 0 Å². The third kappa shape index (κ3) is 13.6. The van der Waals surface area contributed by atoms with E-state index >= 15 is 0 Å². The molecule has 342 valence electrons. The molecule has 1 saturated carbocycles. The van der Waals surface area contributed by atoms with Crippen LogP contribution < -0.4 is 0 Å². The highest BCUT2D eigenvalue weighted by Crippen LogP contribution is 2.76. The van der Waals surface area contributed by atoms with E-state index in [-0.39, 0.29) is 18.1 Å². The number of rotatable bonds is 30. The first kappa shape index (κ1) is 59.5. The Kier molecular flexibility index (Phi) is 26.1. The van der Waals surface area contributed by atoms with Gasteiger partial charge in [-0.25, -0.2) is 0 Å². The average Bonchev–Trinajstić information content (AvgIpc) is 3.08. The van der Waals surface area contributed by atoms with Crippen molar-refractivity contribution in [2.75, 3.05) is 59.5 Å². The summed E-state index contributed by atoms with van der Waals surface area (Å²) in [7, 11) is -10.4. The predicted octanol–water partition coefficient (Wildman–Crippen LogP) is 9.64. The van der Waals surface area contributed by atoms with Crippen molar-refractivity contribution >= 4 is 178 Å². The van der Waals surface area contributed by atoms with Crippen molar-refractivity contribution in [3.8, 4) is 0 Å². The highest BCUT2D eigenvalue weighted by molar-refractivity contribution is 8.10. The molecule has 1 atom stereocenters. The van der Waals surface area contributed by atoms with Gasteiger partial charge < -0.3 is 39.8 Å². The molecule has 57 heavy (non-hydrogen) atoms. The highest BCUT2D eigenvalue weighted by Gasteiger charge is 2.76. The van der Waals surface area contributed by atoms with Crippen molar-refractivity contribution < 1.29 is 39.8 Å². The molecule has 1 rings (SSSR count). The van der Waals surface area contributed by atoms with Crippen LogP contribution in [0.1, 0.15) is 88.0 Å². The lowest BCUT2D eigenvalue weighted by Gasteiger charge is -2.68. The first-order chi connectivity index (χ1) is 26.3. The molecule has 0 saturated heterocycles. The Morgan fingerprint density at radius 1 is 0.404 bits per heavy atom. The van der Waals surface area contributed by atoms with Gasteiger partial charge >= 0.3 is 26.4 Å². The van der Waals surface area contributed by atoms with E-state index < -0.39 is 62.2 Å². The molecule has 0 aliphatic heterocycles. The van der Waals surface area contributed by atoms with Crippen molar-refractivity contribution in [2.45, 2.75) is 131 Å². The largest absolute Gasteiger partial charge is 0.503 e. The van der Waals surface area contributed by atoms with E-state index in [2.05, 4.69) is 0 Å². The Bertz CT molecular complexity index is 1090. The second-order valence-corrected chi connectivity index (χ2v) is 32.3. The van der Waals surface area contributed by atoms with Crippen LogP contribution in [-0.4, -0.2) is 110 Å². The van der Waals surface area contributed by atoms with E-state index in [0.29, 0.717) is 78.7 Å². The van der Waals surface area contributed by atoms with Gasteiger partial charge in [-0.1, -0.05) is 12.8 Å². The Hall–Kier alpha value is 4.49. The number of thiol groups is 12. The highest BCUT2D eigenvalue weighted by atomic mass is 32.2. The summed E-state index contributed by atoms with van der Waals surface area (Å²) < 4.78 is 48.4. The normalized spacial score (nSPS) is 18.4. The van der Waals surface area contributed by atoms with Crippen molar-refractivity contribution in [1.29, 1.82) is 0 Å². The molecular weight excluding hydrogens is 1010 g/mol. The Morgan fingerprint density at radius 3 is 0.895 bits per heavy atom. The minimum atomic E-state index is -3.48. The van der Waals surface area contributed by atoms with Crippen molar-refractivity contribution in [3.05, 3.63) is 0 Å². The predicted molar refractivity (Wildman–Crippen MR) is 285 cm³/mol. The summed E-state index contributed by atoms with van der Waals surface area (Å²) in [6.07, 6.45) is 2.47. The van der Waals surface area contributed by atoms with Crippen LogP contribution in [-0.2, 0) is 39.8 Å². The molecule has 0 N–H and O–H groups in total. The fourth-order valence-electron chi connectivity index (χ4n) is 7.88. The zero-order valence-corrected chi connectivity index (χ0v) is 48.7. The van der Waals surface area contributed by atoms with Crippen LogP contribution in [0.4, 0.5) is 0 Å². The Balaban J connectivity index is 4.47. The summed E-state index contributed by atoms with van der Waals surface area (Å²) in [6.45, 7) is 20.2. The molecule has 0 aromatic carbocycles. The van der Waals surface area contributed by atoms with Crippen molar-refractivity contribution in [2.24, 2.45) is 11.3 Å². The van der Waals surface area contributed by atoms with Gasteiger partial charge in [-0.15, -0.1) is 0 Å². The van der Waals surface area contributed by atoms with Gasteiger partial charge in [0.25, 0.3) is 0 Å². The molecule has 1 aliphatic carbocycles. The van der Waals surface area contributed by atoms with Crippen LogP contribution in [0.15, 0.2) is 0 Å². The molecule has 1 unspecified atom stereocenters. The summed E-state index contributed by atoms with van der Waals surface area (Å²) in [5.74, 6) is -0.621. The molecule has 0 spiro atoms. The maximum Gasteiger partial charge on any atom is 0.503 e. The van der Waals surface area contributed by atoms with Crippen LogP contribution in [0.3, 0.4) is 0 Å². The van der Waals surface area contributed by atoms with Gasteiger partial charge in [-0.05, 0) is 81.1 Å². The van der Waals surface area contributed by atoms with Crippen LogP contribution in [0.2, 0.25) is 18.1 Å². The van der Waals surface area contributed by atoms with E-state index in [0.717, 1.165) is 6.42 Å². The fourth-order valence-corrected chi connectivity index (χ4v) is 24.9. The zero-order chi connectivity index (χ0) is 44.3. The lowest BCUT2D eigenvalue weighted by Crippen LogP contribution is -2.73. The molecule has 0 bridgehead atoms. The van der Waals surface area contributed by atoms with Gasteiger partial charge in [0.15, 0.2) is 0 Å². The summed E-state index contributed by atoms with van der Waals surface area (Å²) in [5.41, 5.74) is -1.31. The Morgan fingerprint density at radius 2 is 0.649 bits per heavy atom. The van der Waals surface area contributed by atoms with Gasteiger partial charge in [-0.2, -0.15) is 152 Å². The topological polar surface area (TPSA) is 83.1 Å². The second-order valence-electron chi connectivity index (χ2n) is 13.8. The molecule has 1 aliphatic rings. The molecule has 9 nitrogen and oxygen atoms in total. The first-order valence-corrected chi connectivity index (χ1v) is 30.9. The zero-order valence-electron chi connectivity index (χ0n) is 34.9. The monoisotopic (exact) mass is 1080 g/mol. The third-order valence-corrected chi connectivity index (χ3v) is 30.9. The van der Waals surface area contributed by atoms with Crippen molar-refractivity contribution in [3.63, 3.8) is 0 Å². The number of hydrogen-bond donors (Lipinski definition) is 12. The van der Waals surface area contributed by atoms with Crippen molar-refractivity contribution in [1.82, 2.24) is 0 Å². The third-order valence-electron chi connectivity index (χ3n) is 10.0. The lowest BCUT2D eigenvalue weighted by molar-refractivity contribution is 0.0365. The molecule has 0 heterocycles. The fraction of sp³-hybridized carbons (Fsp3) is 1.00. The van der Waals surface area contributed by atoms with Crippen LogP contribution in [0.5, 0.6) is 0 Å². The summed E-state index contributed by atoms with van der Waals surface area (Å²) in [4.78, 5) is 0. The van der Waals surface area contributed by atoms with E-state index in [1.165, 1.54) is 0 Å². The average molecular weight is 1080 g/mol. The molecule has 24 heteroatoms. The maximum atomic E-state index is 6.36. The summed E-state index contributed by atoms with van der Waals surface area (Å²) in [5, 5.41) is 0. The molecule has 0 aromatic rings. The van der Waals surface area contributed by atoms with Crippen LogP contribution in [0, 0.1) is 11.3 Å². The van der Waals surface area contributed by atoms with Gasteiger partial charge in [0.1, 0.15) is 0 Å². The Labute approximate surface area is 415 Å². The lowest BCUT2D eigenvalue weighted by atomic mass is 9.58. The standard InChI is InChI=1S/C33H72O9S12Si3/c1-10-34-55(35-11-2,36-12-3)23-28(43,44)31(49,50)26-21-19-20-22-27(26,32(51,52)29(45,46)24-56(37-13-4,38-14-5)39-15-6)33(53,54)30(47,48)25-57(40-16-7,41-17-8)42-18-9/h26,43-54H,10-25H2,1-9H3. The smallest absolute Gasteiger partial charge is 0.374 e. The SMILES string of the molecule is CCO[Si](CC(S)(S)C(S)(S)C1CCCCC1(C(S)(S)C(S)(S)C[Si](OCC)(OCC)OCC)C(S)(S)C(S)(S)C[Si](OCC)(OCC)OCC)(OCC)OCC. The van der Waals surface area contributed by atoms with Crippen LogP contribution >= 0.6 is 152 Å². The maximum absolute atomic E-state index is 6.36. The van der Waals surface area contributed by atoms with E-state index in [4.69, 9.17) is 191 Å².